The van der Waals surface area contributed by atoms with E-state index in [-0.39, 0.29) is 25.5 Å². The van der Waals surface area contributed by atoms with Crippen LogP contribution in [0.4, 0.5) is 5.69 Å². The van der Waals surface area contributed by atoms with Gasteiger partial charge in [0.15, 0.2) is 5.60 Å². The first-order valence-corrected chi connectivity index (χ1v) is 12.4. The summed E-state index contributed by atoms with van der Waals surface area (Å²) in [5, 5.41) is 19.9. The fourth-order valence-corrected chi connectivity index (χ4v) is 4.62. The van der Waals surface area contributed by atoms with Crippen LogP contribution in [0.2, 0.25) is 0 Å². The van der Waals surface area contributed by atoms with Crippen molar-refractivity contribution in [3.63, 3.8) is 0 Å². The highest BCUT2D eigenvalue weighted by atomic mass is 16.5. The summed E-state index contributed by atoms with van der Waals surface area (Å²) >= 11 is 0. The van der Waals surface area contributed by atoms with E-state index < -0.39 is 17.7 Å². The number of hydrogen-bond acceptors (Lipinski definition) is 7. The standard InChI is InChI=1S/C27H34N2O7/c1-20(30)28-11-13-29(14-12-28)22-6-8-24(9-7-22)34-18-23(31)19-35-25-5-2-4-21(16-25)17-27(26(32)33)10-3-15-36-27/h2,4-9,16,23,31H,3,10-15,17-19H2,1H3,(H,32,33)/t23-,27?/m0/s1. The fourth-order valence-electron chi connectivity index (χ4n) is 4.62. The van der Waals surface area contributed by atoms with Crippen molar-refractivity contribution in [2.75, 3.05) is 50.9 Å². The minimum absolute atomic E-state index is 0.0442. The largest absolute Gasteiger partial charge is 0.491 e. The summed E-state index contributed by atoms with van der Waals surface area (Å²) in [6.45, 7) is 5.20. The van der Waals surface area contributed by atoms with Crippen molar-refractivity contribution in [3.8, 4) is 11.5 Å². The van der Waals surface area contributed by atoms with Gasteiger partial charge >= 0.3 is 5.97 Å². The number of nitrogens with zero attached hydrogens (tertiary/aromatic N) is 2. The van der Waals surface area contributed by atoms with Crippen molar-refractivity contribution >= 4 is 17.6 Å². The van der Waals surface area contributed by atoms with Gasteiger partial charge in [-0.25, -0.2) is 4.79 Å². The number of rotatable bonds is 10. The monoisotopic (exact) mass is 498 g/mol. The lowest BCUT2D eigenvalue weighted by atomic mass is 9.91. The Morgan fingerprint density at radius 2 is 1.72 bits per heavy atom. The number of carboxylic acids is 1. The first-order chi connectivity index (χ1) is 17.3. The van der Waals surface area contributed by atoms with Crippen molar-refractivity contribution in [1.29, 1.82) is 0 Å². The number of anilines is 1. The highest BCUT2D eigenvalue weighted by Gasteiger charge is 2.42. The van der Waals surface area contributed by atoms with Crippen LogP contribution in [-0.2, 0) is 20.7 Å². The Balaban J connectivity index is 1.22. The van der Waals surface area contributed by atoms with Crippen molar-refractivity contribution in [3.05, 3.63) is 54.1 Å². The third kappa shape index (κ3) is 6.47. The van der Waals surface area contributed by atoms with Crippen molar-refractivity contribution < 1.29 is 34.0 Å². The molecule has 0 saturated carbocycles. The van der Waals surface area contributed by atoms with Gasteiger partial charge in [0.2, 0.25) is 5.91 Å². The van der Waals surface area contributed by atoms with E-state index in [2.05, 4.69) is 4.90 Å². The molecule has 9 nitrogen and oxygen atoms in total. The zero-order valence-electron chi connectivity index (χ0n) is 20.6. The normalized spacial score (nSPS) is 20.7. The first-order valence-electron chi connectivity index (χ1n) is 12.4. The van der Waals surface area contributed by atoms with Gasteiger partial charge in [0.1, 0.15) is 30.8 Å². The van der Waals surface area contributed by atoms with Gasteiger partial charge in [-0.1, -0.05) is 12.1 Å². The molecular weight excluding hydrogens is 464 g/mol. The van der Waals surface area contributed by atoms with Gasteiger partial charge in [-0.2, -0.15) is 0 Å². The van der Waals surface area contributed by atoms with E-state index in [1.807, 2.05) is 35.2 Å². The lowest BCUT2D eigenvalue weighted by Gasteiger charge is -2.35. The Morgan fingerprint density at radius 1 is 1.03 bits per heavy atom. The molecule has 0 bridgehead atoms. The van der Waals surface area contributed by atoms with Gasteiger partial charge in [0.05, 0.1) is 0 Å². The van der Waals surface area contributed by atoms with E-state index in [1.165, 1.54) is 0 Å². The fraction of sp³-hybridized carbons (Fsp3) is 0.481. The summed E-state index contributed by atoms with van der Waals surface area (Å²) in [7, 11) is 0. The predicted octanol–water partition coefficient (Wildman–Crippen LogP) is 2.35. The summed E-state index contributed by atoms with van der Waals surface area (Å²) in [5.41, 5.74) is 0.706. The van der Waals surface area contributed by atoms with Gasteiger partial charge in [-0.3, -0.25) is 4.79 Å². The Kier molecular flexibility index (Phi) is 8.32. The second-order valence-electron chi connectivity index (χ2n) is 9.34. The minimum Gasteiger partial charge on any atom is -0.491 e. The van der Waals surface area contributed by atoms with Crippen LogP contribution in [0, 0.1) is 0 Å². The van der Waals surface area contributed by atoms with Crippen LogP contribution in [0.5, 0.6) is 11.5 Å². The summed E-state index contributed by atoms with van der Waals surface area (Å²) in [6, 6.07) is 14.9. The van der Waals surface area contributed by atoms with Crippen molar-refractivity contribution in [2.24, 2.45) is 0 Å². The van der Waals surface area contributed by atoms with E-state index >= 15 is 0 Å². The zero-order valence-corrected chi connectivity index (χ0v) is 20.6. The molecule has 2 atom stereocenters. The van der Waals surface area contributed by atoms with E-state index in [1.54, 1.807) is 25.1 Å². The van der Waals surface area contributed by atoms with E-state index in [0.29, 0.717) is 24.5 Å². The first kappa shape index (κ1) is 25.8. The summed E-state index contributed by atoms with van der Waals surface area (Å²) in [5.74, 6) is 0.374. The van der Waals surface area contributed by atoms with Crippen LogP contribution in [0.1, 0.15) is 25.3 Å². The lowest BCUT2D eigenvalue weighted by molar-refractivity contribution is -0.159. The molecule has 2 heterocycles. The van der Waals surface area contributed by atoms with Crippen LogP contribution in [-0.4, -0.2) is 84.7 Å². The molecule has 2 saturated heterocycles. The van der Waals surface area contributed by atoms with Crippen LogP contribution < -0.4 is 14.4 Å². The van der Waals surface area contributed by atoms with Gasteiger partial charge in [0, 0.05) is 51.8 Å². The molecule has 9 heteroatoms. The molecule has 0 aliphatic carbocycles. The lowest BCUT2D eigenvalue weighted by Crippen LogP contribution is -2.48. The Bertz CT molecular complexity index is 1030. The number of hydrogen-bond donors (Lipinski definition) is 2. The van der Waals surface area contributed by atoms with Crippen LogP contribution in [0.3, 0.4) is 0 Å². The Hall–Kier alpha value is -3.30. The average molecular weight is 499 g/mol. The number of carbonyl (C=O) groups is 2. The van der Waals surface area contributed by atoms with E-state index in [0.717, 1.165) is 43.9 Å². The highest BCUT2D eigenvalue weighted by Crippen LogP contribution is 2.31. The molecule has 194 valence electrons. The predicted molar refractivity (Wildman–Crippen MR) is 134 cm³/mol. The number of ether oxygens (including phenoxy) is 3. The summed E-state index contributed by atoms with van der Waals surface area (Å²) in [6.07, 6.45) is 0.654. The van der Waals surface area contributed by atoms with Gasteiger partial charge < -0.3 is 34.2 Å². The van der Waals surface area contributed by atoms with E-state index in [9.17, 15) is 19.8 Å². The third-order valence-corrected chi connectivity index (χ3v) is 6.69. The quantitative estimate of drug-likeness (QED) is 0.514. The second kappa shape index (κ2) is 11.6. The number of piperazine rings is 1. The summed E-state index contributed by atoms with van der Waals surface area (Å²) < 4.78 is 17.0. The number of amides is 1. The molecule has 0 spiro atoms. The number of aliphatic hydroxyl groups is 1. The van der Waals surface area contributed by atoms with E-state index in [4.69, 9.17) is 14.2 Å². The number of carbonyl (C=O) groups excluding carboxylic acids is 1. The zero-order chi connectivity index (χ0) is 25.5. The molecule has 2 aromatic rings. The maximum atomic E-state index is 11.7. The van der Waals surface area contributed by atoms with Gasteiger partial charge in [-0.15, -0.1) is 0 Å². The minimum atomic E-state index is -1.18. The molecule has 2 N–H and O–H groups in total. The Morgan fingerprint density at radius 3 is 2.33 bits per heavy atom. The van der Waals surface area contributed by atoms with Crippen molar-refractivity contribution in [1.82, 2.24) is 4.90 Å². The second-order valence-corrected chi connectivity index (χ2v) is 9.34. The molecule has 1 amide bonds. The number of aliphatic hydroxyl groups excluding tert-OH is 1. The molecule has 2 fully saturated rings. The molecule has 0 aromatic heterocycles. The molecule has 36 heavy (non-hydrogen) atoms. The molecule has 4 rings (SSSR count). The third-order valence-electron chi connectivity index (χ3n) is 6.69. The number of carboxylic acid groups (broad SMARTS) is 1. The molecule has 2 aliphatic heterocycles. The van der Waals surface area contributed by atoms with Crippen LogP contribution >= 0.6 is 0 Å². The molecule has 1 unspecified atom stereocenters. The SMILES string of the molecule is CC(=O)N1CCN(c2ccc(OC[C@H](O)COc3cccc(CC4(C(=O)O)CCCO4)c3)cc2)CC1. The molecule has 2 aromatic carbocycles. The topological polar surface area (TPSA) is 109 Å². The van der Waals surface area contributed by atoms with Gasteiger partial charge in [0.25, 0.3) is 0 Å². The maximum absolute atomic E-state index is 11.7. The van der Waals surface area contributed by atoms with Crippen LogP contribution in [0.25, 0.3) is 0 Å². The van der Waals surface area contributed by atoms with Gasteiger partial charge in [-0.05, 0) is 54.8 Å². The number of benzene rings is 2. The smallest absolute Gasteiger partial charge is 0.336 e. The average Bonchev–Trinajstić information content (AvgIpc) is 3.37. The van der Waals surface area contributed by atoms with Crippen LogP contribution in [0.15, 0.2) is 48.5 Å². The maximum Gasteiger partial charge on any atom is 0.336 e. The summed E-state index contributed by atoms with van der Waals surface area (Å²) in [4.78, 5) is 27.3. The molecule has 2 aliphatic rings. The number of aliphatic carboxylic acids is 1. The Labute approximate surface area is 211 Å². The highest BCUT2D eigenvalue weighted by molar-refractivity contribution is 5.78. The molecule has 0 radical (unpaired) electrons. The molecular formula is C27H34N2O7. The van der Waals surface area contributed by atoms with Crippen molar-refractivity contribution in [2.45, 2.75) is 37.9 Å².